The summed E-state index contributed by atoms with van der Waals surface area (Å²) in [5.74, 6) is 2.23. The van der Waals surface area contributed by atoms with Crippen LogP contribution in [0.3, 0.4) is 0 Å². The number of carbonyl (C=O) groups excluding carboxylic acids is 1. The SMILES string of the molecule is COc1ccc(C2CC(c3ccc4c(c3)OCO4)=NN2C=O)cc1. The molecule has 1 unspecified atom stereocenters. The highest BCUT2D eigenvalue weighted by molar-refractivity contribution is 6.03. The van der Waals surface area contributed by atoms with E-state index in [1.807, 2.05) is 42.5 Å². The van der Waals surface area contributed by atoms with Crippen LogP contribution in [0, 0.1) is 0 Å². The summed E-state index contributed by atoms with van der Waals surface area (Å²) in [5, 5.41) is 5.92. The van der Waals surface area contributed by atoms with Crippen LogP contribution in [0.2, 0.25) is 0 Å². The zero-order valence-electron chi connectivity index (χ0n) is 13.1. The molecule has 2 aliphatic rings. The van der Waals surface area contributed by atoms with Crippen molar-refractivity contribution in [3.63, 3.8) is 0 Å². The molecule has 0 fully saturated rings. The molecule has 0 bridgehead atoms. The summed E-state index contributed by atoms with van der Waals surface area (Å²) >= 11 is 0. The molecule has 2 aromatic carbocycles. The van der Waals surface area contributed by atoms with Gasteiger partial charge in [-0.15, -0.1) is 0 Å². The Balaban J connectivity index is 1.61. The van der Waals surface area contributed by atoms with Crippen molar-refractivity contribution in [1.82, 2.24) is 5.01 Å². The summed E-state index contributed by atoms with van der Waals surface area (Å²) in [6.45, 7) is 0.236. The quantitative estimate of drug-likeness (QED) is 0.811. The molecule has 0 saturated heterocycles. The molecule has 122 valence electrons. The van der Waals surface area contributed by atoms with Crippen molar-refractivity contribution >= 4 is 12.1 Å². The van der Waals surface area contributed by atoms with E-state index in [-0.39, 0.29) is 12.8 Å². The maximum Gasteiger partial charge on any atom is 0.231 e. The van der Waals surface area contributed by atoms with Gasteiger partial charge < -0.3 is 14.2 Å². The molecule has 1 amide bonds. The van der Waals surface area contributed by atoms with E-state index in [0.717, 1.165) is 34.7 Å². The van der Waals surface area contributed by atoms with Gasteiger partial charge in [0.25, 0.3) is 0 Å². The van der Waals surface area contributed by atoms with Gasteiger partial charge in [0, 0.05) is 12.0 Å². The molecular formula is C18H16N2O4. The summed E-state index contributed by atoms with van der Waals surface area (Å²) in [4.78, 5) is 11.4. The second-order valence-corrected chi connectivity index (χ2v) is 5.59. The lowest BCUT2D eigenvalue weighted by Gasteiger charge is -2.17. The van der Waals surface area contributed by atoms with Crippen molar-refractivity contribution in [2.24, 2.45) is 5.10 Å². The Labute approximate surface area is 139 Å². The molecule has 4 rings (SSSR count). The number of ether oxygens (including phenoxy) is 3. The third-order valence-electron chi connectivity index (χ3n) is 4.26. The molecule has 6 nitrogen and oxygen atoms in total. The van der Waals surface area contributed by atoms with Gasteiger partial charge in [-0.1, -0.05) is 12.1 Å². The van der Waals surface area contributed by atoms with Gasteiger partial charge in [0.2, 0.25) is 13.2 Å². The molecule has 2 aliphatic heterocycles. The number of nitrogens with zero attached hydrogens (tertiary/aromatic N) is 2. The van der Waals surface area contributed by atoms with Crippen molar-refractivity contribution in [2.45, 2.75) is 12.5 Å². The maximum absolute atomic E-state index is 11.4. The van der Waals surface area contributed by atoms with Gasteiger partial charge in [0.1, 0.15) is 5.75 Å². The second kappa shape index (κ2) is 5.88. The molecule has 24 heavy (non-hydrogen) atoms. The topological polar surface area (TPSA) is 60.4 Å². The lowest BCUT2D eigenvalue weighted by atomic mass is 9.98. The van der Waals surface area contributed by atoms with Crippen molar-refractivity contribution in [3.8, 4) is 17.2 Å². The van der Waals surface area contributed by atoms with E-state index < -0.39 is 0 Å². The highest BCUT2D eigenvalue weighted by atomic mass is 16.7. The molecule has 0 radical (unpaired) electrons. The van der Waals surface area contributed by atoms with Crippen LogP contribution in [-0.2, 0) is 4.79 Å². The Hall–Kier alpha value is -3.02. The number of methoxy groups -OCH3 is 1. The van der Waals surface area contributed by atoms with Gasteiger partial charge >= 0.3 is 0 Å². The summed E-state index contributed by atoms with van der Waals surface area (Å²) in [6, 6.07) is 13.3. The molecule has 0 saturated carbocycles. The van der Waals surface area contributed by atoms with Crippen LogP contribution in [0.15, 0.2) is 47.6 Å². The van der Waals surface area contributed by atoms with Gasteiger partial charge in [-0.3, -0.25) is 4.79 Å². The molecule has 0 aliphatic carbocycles. The van der Waals surface area contributed by atoms with E-state index in [4.69, 9.17) is 14.2 Å². The minimum absolute atomic E-state index is 0.117. The molecule has 1 atom stereocenters. The fourth-order valence-electron chi connectivity index (χ4n) is 2.97. The van der Waals surface area contributed by atoms with Gasteiger partial charge in [-0.25, -0.2) is 5.01 Å². The van der Waals surface area contributed by atoms with Crippen LogP contribution in [0.4, 0.5) is 0 Å². The van der Waals surface area contributed by atoms with Gasteiger partial charge in [0.15, 0.2) is 11.5 Å². The molecule has 0 spiro atoms. The zero-order chi connectivity index (χ0) is 16.5. The third kappa shape index (κ3) is 2.46. The molecular weight excluding hydrogens is 308 g/mol. The summed E-state index contributed by atoms with van der Waals surface area (Å²) in [7, 11) is 1.63. The number of carbonyl (C=O) groups is 1. The first kappa shape index (κ1) is 14.6. The Kier molecular flexibility index (Phi) is 3.57. The van der Waals surface area contributed by atoms with Gasteiger partial charge in [-0.2, -0.15) is 5.10 Å². The summed E-state index contributed by atoms with van der Waals surface area (Å²) < 4.78 is 15.9. The van der Waals surface area contributed by atoms with Gasteiger partial charge in [0.05, 0.1) is 18.9 Å². The smallest absolute Gasteiger partial charge is 0.231 e. The predicted octanol–water partition coefficient (Wildman–Crippen LogP) is 2.73. The number of amides is 1. The van der Waals surface area contributed by atoms with Crippen LogP contribution in [0.25, 0.3) is 0 Å². The van der Waals surface area contributed by atoms with Crippen LogP contribution in [0.1, 0.15) is 23.6 Å². The van der Waals surface area contributed by atoms with Crippen LogP contribution in [-0.4, -0.2) is 31.0 Å². The van der Waals surface area contributed by atoms with Crippen LogP contribution < -0.4 is 14.2 Å². The fraction of sp³-hybridized carbons (Fsp3) is 0.222. The minimum Gasteiger partial charge on any atom is -0.497 e. The van der Waals surface area contributed by atoms with Crippen molar-refractivity contribution in [1.29, 1.82) is 0 Å². The first-order valence-electron chi connectivity index (χ1n) is 7.63. The second-order valence-electron chi connectivity index (χ2n) is 5.59. The zero-order valence-corrected chi connectivity index (χ0v) is 13.1. The fourth-order valence-corrected chi connectivity index (χ4v) is 2.97. The number of benzene rings is 2. The minimum atomic E-state index is -0.117. The summed E-state index contributed by atoms with van der Waals surface area (Å²) in [6.07, 6.45) is 1.40. The number of hydrazone groups is 1. The first-order valence-corrected chi connectivity index (χ1v) is 7.63. The molecule has 0 aromatic heterocycles. The van der Waals surface area contributed by atoms with Crippen LogP contribution >= 0.6 is 0 Å². The Morgan fingerprint density at radius 3 is 2.71 bits per heavy atom. The monoisotopic (exact) mass is 324 g/mol. The number of hydrogen-bond donors (Lipinski definition) is 0. The molecule has 2 heterocycles. The molecule has 6 heteroatoms. The average molecular weight is 324 g/mol. The first-order chi connectivity index (χ1) is 11.8. The maximum atomic E-state index is 11.4. The average Bonchev–Trinajstić information content (AvgIpc) is 3.27. The summed E-state index contributed by atoms with van der Waals surface area (Å²) in [5.41, 5.74) is 2.80. The normalized spacial score (nSPS) is 18.5. The number of rotatable bonds is 4. The number of fused-ring (bicyclic) bond motifs is 1. The van der Waals surface area contributed by atoms with E-state index in [1.54, 1.807) is 7.11 Å². The Morgan fingerprint density at radius 2 is 1.96 bits per heavy atom. The van der Waals surface area contributed by atoms with Crippen molar-refractivity contribution in [3.05, 3.63) is 53.6 Å². The van der Waals surface area contributed by atoms with E-state index in [9.17, 15) is 4.79 Å². The highest BCUT2D eigenvalue weighted by Gasteiger charge is 2.29. The molecule has 0 N–H and O–H groups in total. The highest BCUT2D eigenvalue weighted by Crippen LogP contribution is 2.36. The van der Waals surface area contributed by atoms with Crippen molar-refractivity contribution < 1.29 is 19.0 Å². The standard InChI is InChI=1S/C18H16N2O4/c1-22-14-5-2-12(3-6-14)16-9-15(19-20(16)10-21)13-4-7-17-18(8-13)24-11-23-17/h2-8,10,16H,9,11H2,1H3. The lowest BCUT2D eigenvalue weighted by Crippen LogP contribution is -2.17. The van der Waals surface area contributed by atoms with E-state index in [0.29, 0.717) is 12.2 Å². The predicted molar refractivity (Wildman–Crippen MR) is 87.4 cm³/mol. The molecule has 2 aromatic rings. The van der Waals surface area contributed by atoms with Crippen molar-refractivity contribution in [2.75, 3.05) is 13.9 Å². The third-order valence-corrected chi connectivity index (χ3v) is 4.26. The van der Waals surface area contributed by atoms with E-state index >= 15 is 0 Å². The van der Waals surface area contributed by atoms with Crippen LogP contribution in [0.5, 0.6) is 17.2 Å². The lowest BCUT2D eigenvalue weighted by molar-refractivity contribution is -0.119. The van der Waals surface area contributed by atoms with E-state index in [2.05, 4.69) is 5.10 Å². The Morgan fingerprint density at radius 1 is 1.17 bits per heavy atom. The van der Waals surface area contributed by atoms with E-state index in [1.165, 1.54) is 5.01 Å². The largest absolute Gasteiger partial charge is 0.497 e. The van der Waals surface area contributed by atoms with Gasteiger partial charge in [-0.05, 0) is 35.9 Å². The number of hydrogen-bond acceptors (Lipinski definition) is 5. The Bertz CT molecular complexity index is 801.